The summed E-state index contributed by atoms with van der Waals surface area (Å²) in [5.41, 5.74) is 1.72. The first-order chi connectivity index (χ1) is 7.91. The molecule has 0 spiro atoms. The van der Waals surface area contributed by atoms with E-state index in [0.29, 0.717) is 0 Å². The van der Waals surface area contributed by atoms with Gasteiger partial charge in [-0.1, -0.05) is 24.3 Å². The summed E-state index contributed by atoms with van der Waals surface area (Å²) in [7, 11) is -3.22. The van der Waals surface area contributed by atoms with Gasteiger partial charge < -0.3 is 5.11 Å². The van der Waals surface area contributed by atoms with E-state index in [1.807, 2.05) is 19.1 Å². The molecule has 0 saturated carbocycles. The van der Waals surface area contributed by atoms with Crippen LogP contribution in [0.5, 0.6) is 0 Å². The monoisotopic (exact) mass is 256 g/mol. The van der Waals surface area contributed by atoms with Gasteiger partial charge in [0.2, 0.25) is 0 Å². The molecule has 0 aromatic heterocycles. The highest BCUT2D eigenvalue weighted by molar-refractivity contribution is 7.90. The van der Waals surface area contributed by atoms with Crippen molar-refractivity contribution in [3.05, 3.63) is 35.4 Å². The summed E-state index contributed by atoms with van der Waals surface area (Å²) in [5.74, 6) is -1.05. The van der Waals surface area contributed by atoms with Crippen LogP contribution in [0.15, 0.2) is 24.3 Å². The third kappa shape index (κ3) is 4.99. The third-order valence-electron chi connectivity index (χ3n) is 2.48. The number of sulfone groups is 1. The minimum Gasteiger partial charge on any atom is -0.481 e. The normalized spacial score (nSPS) is 11.4. The molecule has 0 bridgehead atoms. The number of aliphatic carboxylic acids is 1. The Morgan fingerprint density at radius 3 is 2.53 bits per heavy atom. The average molecular weight is 256 g/mol. The van der Waals surface area contributed by atoms with Crippen LogP contribution in [0.1, 0.15) is 24.0 Å². The van der Waals surface area contributed by atoms with Crippen LogP contribution in [0.4, 0.5) is 0 Å². The molecule has 0 fully saturated rings. The van der Waals surface area contributed by atoms with Gasteiger partial charge in [0.15, 0.2) is 9.84 Å². The van der Waals surface area contributed by atoms with Crippen LogP contribution in [-0.2, 0) is 20.4 Å². The van der Waals surface area contributed by atoms with Gasteiger partial charge in [0.25, 0.3) is 0 Å². The number of benzene rings is 1. The Hall–Kier alpha value is -1.36. The van der Waals surface area contributed by atoms with Crippen LogP contribution in [0.25, 0.3) is 0 Å². The smallest absolute Gasteiger partial charge is 0.303 e. The predicted octanol–water partition coefficient (Wildman–Crippen LogP) is 1.77. The molecule has 0 radical (unpaired) electrons. The van der Waals surface area contributed by atoms with Crippen molar-refractivity contribution in [1.29, 1.82) is 0 Å². The first kappa shape index (κ1) is 13.7. The molecule has 1 rings (SSSR count). The van der Waals surface area contributed by atoms with Crippen molar-refractivity contribution in [2.75, 3.05) is 5.75 Å². The van der Waals surface area contributed by atoms with Crippen molar-refractivity contribution in [2.45, 2.75) is 25.5 Å². The fourth-order valence-corrected chi connectivity index (χ4v) is 3.05. The number of hydrogen-bond donors (Lipinski definition) is 1. The van der Waals surface area contributed by atoms with E-state index in [4.69, 9.17) is 5.11 Å². The van der Waals surface area contributed by atoms with Crippen LogP contribution in [0.3, 0.4) is 0 Å². The lowest BCUT2D eigenvalue weighted by molar-refractivity contribution is -0.137. The standard InChI is InChI=1S/C12H16O4S/c1-10-5-2-3-6-11(10)9-17(15,16)8-4-7-12(13)14/h2-3,5-6H,4,7-9H2,1H3,(H,13,14). The molecule has 0 amide bonds. The molecule has 1 aromatic rings. The molecule has 94 valence electrons. The maximum Gasteiger partial charge on any atom is 0.303 e. The van der Waals surface area contributed by atoms with Gasteiger partial charge in [-0.25, -0.2) is 8.42 Å². The highest BCUT2D eigenvalue weighted by atomic mass is 32.2. The van der Waals surface area contributed by atoms with E-state index < -0.39 is 15.8 Å². The average Bonchev–Trinajstić information content (AvgIpc) is 2.20. The van der Waals surface area contributed by atoms with Crippen molar-refractivity contribution >= 4 is 15.8 Å². The van der Waals surface area contributed by atoms with Crippen molar-refractivity contribution in [1.82, 2.24) is 0 Å². The Morgan fingerprint density at radius 2 is 1.94 bits per heavy atom. The van der Waals surface area contributed by atoms with E-state index in [9.17, 15) is 13.2 Å². The van der Waals surface area contributed by atoms with Crippen LogP contribution < -0.4 is 0 Å². The van der Waals surface area contributed by atoms with Gasteiger partial charge in [0.1, 0.15) is 0 Å². The van der Waals surface area contributed by atoms with Crippen molar-refractivity contribution in [2.24, 2.45) is 0 Å². The molecule has 0 atom stereocenters. The Balaban J connectivity index is 2.61. The lowest BCUT2D eigenvalue weighted by atomic mass is 10.1. The van der Waals surface area contributed by atoms with Crippen LogP contribution in [0.2, 0.25) is 0 Å². The van der Waals surface area contributed by atoms with Crippen LogP contribution >= 0.6 is 0 Å². The number of carboxylic acids is 1. The van der Waals surface area contributed by atoms with E-state index >= 15 is 0 Å². The summed E-state index contributed by atoms with van der Waals surface area (Å²) in [6.45, 7) is 1.86. The van der Waals surface area contributed by atoms with E-state index in [1.165, 1.54) is 0 Å². The Morgan fingerprint density at radius 1 is 1.29 bits per heavy atom. The zero-order chi connectivity index (χ0) is 12.9. The van der Waals surface area contributed by atoms with Gasteiger partial charge in [-0.05, 0) is 24.5 Å². The summed E-state index contributed by atoms with van der Waals surface area (Å²) >= 11 is 0. The molecule has 0 heterocycles. The molecular weight excluding hydrogens is 240 g/mol. The van der Waals surface area contributed by atoms with Crippen molar-refractivity contribution in [3.63, 3.8) is 0 Å². The first-order valence-electron chi connectivity index (χ1n) is 5.37. The van der Waals surface area contributed by atoms with Crippen LogP contribution in [-0.4, -0.2) is 25.2 Å². The molecule has 0 saturated heterocycles. The third-order valence-corrected chi connectivity index (χ3v) is 4.14. The van der Waals surface area contributed by atoms with Crippen molar-refractivity contribution < 1.29 is 18.3 Å². The molecule has 5 heteroatoms. The minimum atomic E-state index is -3.22. The molecular formula is C12H16O4S. The summed E-state index contributed by atoms with van der Waals surface area (Å²) in [6.07, 6.45) is 0.0660. The zero-order valence-corrected chi connectivity index (χ0v) is 10.5. The summed E-state index contributed by atoms with van der Waals surface area (Å²) in [4.78, 5) is 10.3. The lowest BCUT2D eigenvalue weighted by Gasteiger charge is -2.06. The minimum absolute atomic E-state index is 0.0146. The largest absolute Gasteiger partial charge is 0.481 e. The number of carbonyl (C=O) groups is 1. The summed E-state index contributed by atoms with van der Waals surface area (Å²) in [5, 5.41) is 8.45. The van der Waals surface area contributed by atoms with Crippen LogP contribution in [0, 0.1) is 6.92 Å². The van der Waals surface area contributed by atoms with E-state index in [0.717, 1.165) is 11.1 Å². The predicted molar refractivity (Wildman–Crippen MR) is 65.5 cm³/mol. The van der Waals surface area contributed by atoms with Crippen molar-refractivity contribution in [3.8, 4) is 0 Å². The number of rotatable bonds is 6. The summed E-state index contributed by atoms with van der Waals surface area (Å²) < 4.78 is 23.5. The molecule has 0 aliphatic rings. The fourth-order valence-electron chi connectivity index (χ4n) is 1.52. The fraction of sp³-hybridized carbons (Fsp3) is 0.417. The highest BCUT2D eigenvalue weighted by Gasteiger charge is 2.13. The zero-order valence-electron chi connectivity index (χ0n) is 9.72. The van der Waals surface area contributed by atoms with E-state index in [1.54, 1.807) is 12.1 Å². The maximum absolute atomic E-state index is 11.7. The highest BCUT2D eigenvalue weighted by Crippen LogP contribution is 2.12. The van der Waals surface area contributed by atoms with Gasteiger partial charge in [-0.15, -0.1) is 0 Å². The topological polar surface area (TPSA) is 71.4 Å². The Labute approximate surface area is 101 Å². The van der Waals surface area contributed by atoms with Gasteiger partial charge in [-0.3, -0.25) is 4.79 Å². The molecule has 0 aliphatic carbocycles. The SMILES string of the molecule is Cc1ccccc1CS(=O)(=O)CCCC(=O)O. The second-order valence-corrected chi connectivity index (χ2v) is 6.20. The number of aryl methyl sites for hydroxylation is 1. The molecule has 17 heavy (non-hydrogen) atoms. The van der Waals surface area contributed by atoms with E-state index in [-0.39, 0.29) is 24.3 Å². The molecule has 0 unspecified atom stereocenters. The second kappa shape index (κ2) is 5.82. The number of carboxylic acid groups (broad SMARTS) is 1. The van der Waals surface area contributed by atoms with Gasteiger partial charge in [0, 0.05) is 6.42 Å². The quantitative estimate of drug-likeness (QED) is 0.842. The Kier molecular flexibility index (Phi) is 4.69. The Bertz CT molecular complexity index is 491. The number of hydrogen-bond acceptors (Lipinski definition) is 3. The molecule has 1 N–H and O–H groups in total. The molecule has 1 aromatic carbocycles. The van der Waals surface area contributed by atoms with Gasteiger partial charge in [-0.2, -0.15) is 0 Å². The van der Waals surface area contributed by atoms with E-state index in [2.05, 4.69) is 0 Å². The molecule has 4 nitrogen and oxygen atoms in total. The summed E-state index contributed by atoms with van der Waals surface area (Å²) in [6, 6.07) is 7.30. The molecule has 0 aliphatic heterocycles. The first-order valence-corrected chi connectivity index (χ1v) is 7.19. The lowest BCUT2D eigenvalue weighted by Crippen LogP contribution is -2.11. The van der Waals surface area contributed by atoms with Gasteiger partial charge in [0.05, 0.1) is 11.5 Å². The second-order valence-electron chi connectivity index (χ2n) is 4.02. The maximum atomic E-state index is 11.7. The van der Waals surface area contributed by atoms with Gasteiger partial charge >= 0.3 is 5.97 Å².